The van der Waals surface area contributed by atoms with Crippen LogP contribution in [0.1, 0.15) is 0 Å². The summed E-state index contributed by atoms with van der Waals surface area (Å²) in [6.45, 7) is 0. The van der Waals surface area contributed by atoms with Crippen LogP contribution in [0.15, 0.2) is 0 Å². The molecule has 7 heteroatoms. The van der Waals surface area contributed by atoms with Crippen LogP contribution in [0.25, 0.3) is 0 Å². The van der Waals surface area contributed by atoms with Crippen molar-refractivity contribution in [1.29, 1.82) is 0 Å². The summed E-state index contributed by atoms with van der Waals surface area (Å²) in [5, 5.41) is 0. The van der Waals surface area contributed by atoms with E-state index in [0.717, 1.165) is 0 Å². The fraction of sp³-hybridized carbons (Fsp3) is 0. The molecule has 0 aliphatic carbocycles. The molecule has 0 amide bonds. The first-order valence-electron chi connectivity index (χ1n) is 0.816. The summed E-state index contributed by atoms with van der Waals surface area (Å²) >= 11 is 0. The van der Waals surface area contributed by atoms with Crippen LogP contribution >= 0.6 is 0 Å². The Hall–Kier alpha value is 2.51. The molecule has 0 unspecified atom stereocenters. The van der Waals surface area contributed by atoms with Crippen LogP contribution in [0.5, 0.6) is 0 Å². The topological polar surface area (TPSA) is 92.2 Å². The fourth-order valence-electron chi connectivity index (χ4n) is 0. The Morgan fingerprint density at radius 3 is 0.857 bits per heavy atom. The van der Waals surface area contributed by atoms with E-state index in [2.05, 4.69) is 0 Å². The van der Waals surface area contributed by atoms with Gasteiger partial charge in [-0.25, -0.2) is 0 Å². The van der Waals surface area contributed by atoms with E-state index in [1.54, 1.807) is 0 Å². The summed E-state index contributed by atoms with van der Waals surface area (Å²) in [6, 6.07) is 0. The molecule has 0 bridgehead atoms. The van der Waals surface area contributed by atoms with Crippen LogP contribution in [0.2, 0.25) is 0 Å². The number of hydrogen-bond donors (Lipinski definition) is 0. The second-order valence-electron chi connectivity index (χ2n) is 0.500. The Bertz CT molecular complexity index is 27.2. The zero-order valence-electron chi connectivity index (χ0n) is 3.58. The molecule has 0 heterocycles. The Labute approximate surface area is 102 Å². The zero-order chi connectivity index (χ0) is 4.50. The molecule has 0 aromatic rings. The van der Waals surface area contributed by atoms with Gasteiger partial charge in [-0.05, 0) is 0 Å². The van der Waals surface area contributed by atoms with Gasteiger partial charge in [0.15, 0.2) is 0 Å². The van der Waals surface area contributed by atoms with Crippen molar-refractivity contribution in [2.24, 2.45) is 0 Å². The quantitative estimate of drug-likeness (QED) is 0.401. The van der Waals surface area contributed by atoms with Gasteiger partial charge in [-0.15, -0.1) is 0 Å². The van der Waals surface area contributed by atoms with Gasteiger partial charge in [0.05, 0.1) is 0 Å². The predicted molar refractivity (Wildman–Crippen MR) is 11.5 cm³/mol. The van der Waals surface area contributed by atoms with Gasteiger partial charge in [0.1, 0.15) is 0 Å². The molecule has 0 saturated carbocycles. The van der Waals surface area contributed by atoms with Crippen LogP contribution in [-0.4, -0.2) is 33.5 Å². The van der Waals surface area contributed by atoms with E-state index in [-0.39, 0.29) is 75.8 Å². The average Bonchev–Trinajstić information content (AvgIpc) is 0.722. The van der Waals surface area contributed by atoms with Crippen molar-refractivity contribution < 1.29 is 70.6 Å². The van der Waals surface area contributed by atoms with Crippen molar-refractivity contribution in [3.8, 4) is 0 Å². The van der Waals surface area contributed by atoms with Crippen molar-refractivity contribution in [3.05, 3.63) is 0 Å². The van der Waals surface area contributed by atoms with Crippen LogP contribution in [0, 0.1) is 0 Å². The molecule has 34 valence electrons. The maximum absolute atomic E-state index is 8.58. The molecular weight excluding hydrogens is 253 g/mol. The van der Waals surface area contributed by atoms with Gasteiger partial charge in [-0.1, -0.05) is 0 Å². The standard InChI is InChI=1S/K.O4Si.Sb/c;1-5(2,3)4;/q+1;-4;+3. The SMILES string of the molecule is [K+].[O-][Si]([O-])([O-])[O-].[Sb+3]. The largest absolute Gasteiger partial charge is 3.00 e. The summed E-state index contributed by atoms with van der Waals surface area (Å²) in [6.07, 6.45) is 0. The van der Waals surface area contributed by atoms with Crippen LogP contribution in [-0.2, 0) is 0 Å². The number of hydrogen-bond acceptors (Lipinski definition) is 4. The summed E-state index contributed by atoms with van der Waals surface area (Å²) in [7, 11) is -5.61. The van der Waals surface area contributed by atoms with Crippen LogP contribution in [0.3, 0.4) is 0 Å². The van der Waals surface area contributed by atoms with E-state index >= 15 is 0 Å². The van der Waals surface area contributed by atoms with E-state index in [1.807, 2.05) is 0 Å². The third-order valence-corrected chi connectivity index (χ3v) is 0. The smallest absolute Gasteiger partial charge is 0.894 e. The Morgan fingerprint density at radius 1 is 0.857 bits per heavy atom. The summed E-state index contributed by atoms with van der Waals surface area (Å²) in [5.41, 5.74) is 0. The molecule has 0 spiro atoms. The van der Waals surface area contributed by atoms with Crippen molar-refractivity contribution >= 4 is 33.5 Å². The molecule has 4 nitrogen and oxygen atoms in total. The van der Waals surface area contributed by atoms with E-state index in [4.69, 9.17) is 19.2 Å². The van der Waals surface area contributed by atoms with E-state index < -0.39 is 9.05 Å². The van der Waals surface area contributed by atoms with E-state index in [1.165, 1.54) is 0 Å². The van der Waals surface area contributed by atoms with Gasteiger partial charge in [-0.2, -0.15) is 0 Å². The average molecular weight is 253 g/mol. The Balaban J connectivity index is -0.0000000800. The van der Waals surface area contributed by atoms with Gasteiger partial charge in [0.25, 0.3) is 0 Å². The van der Waals surface area contributed by atoms with Crippen molar-refractivity contribution in [2.75, 3.05) is 0 Å². The fourth-order valence-corrected chi connectivity index (χ4v) is 0. The molecular formula is KO4SbSi. The van der Waals surface area contributed by atoms with Gasteiger partial charge in [0.2, 0.25) is 0 Å². The molecule has 7 heavy (non-hydrogen) atoms. The zero-order valence-corrected chi connectivity index (χ0v) is 10.3. The monoisotopic (exact) mass is 252 g/mol. The first-order valence-corrected chi connectivity index (χ1v) is 2.45. The van der Waals surface area contributed by atoms with Crippen molar-refractivity contribution in [2.45, 2.75) is 0 Å². The van der Waals surface area contributed by atoms with Crippen LogP contribution in [0.4, 0.5) is 0 Å². The summed E-state index contributed by atoms with van der Waals surface area (Å²) in [5.74, 6) is 0. The molecule has 0 atom stereocenters. The van der Waals surface area contributed by atoms with E-state index in [0.29, 0.717) is 0 Å². The second kappa shape index (κ2) is 6.63. The van der Waals surface area contributed by atoms with E-state index in [9.17, 15) is 0 Å². The van der Waals surface area contributed by atoms with Crippen molar-refractivity contribution in [3.63, 3.8) is 0 Å². The van der Waals surface area contributed by atoms with Gasteiger partial charge in [-0.3, -0.25) is 0 Å². The Morgan fingerprint density at radius 2 is 0.857 bits per heavy atom. The summed E-state index contributed by atoms with van der Waals surface area (Å²) in [4.78, 5) is 34.3. The molecule has 0 N–H and O–H groups in total. The third-order valence-electron chi connectivity index (χ3n) is 0. The molecule has 0 aromatic carbocycles. The van der Waals surface area contributed by atoms with Crippen molar-refractivity contribution in [1.82, 2.24) is 0 Å². The molecule has 0 aliphatic heterocycles. The normalized spacial score (nSPS) is 8.57. The minimum absolute atomic E-state index is 0. The minimum Gasteiger partial charge on any atom is -0.894 e. The van der Waals surface area contributed by atoms with Gasteiger partial charge in [0, 0.05) is 0 Å². The number of rotatable bonds is 0. The summed E-state index contributed by atoms with van der Waals surface area (Å²) < 4.78 is 0. The van der Waals surface area contributed by atoms with Gasteiger partial charge >= 0.3 is 75.8 Å². The molecule has 0 fully saturated rings. The molecule has 0 aliphatic rings. The molecule has 0 saturated heterocycles. The second-order valence-corrected chi connectivity index (χ2v) is 1.50. The molecule has 0 rings (SSSR count). The maximum atomic E-state index is 8.58. The first-order chi connectivity index (χ1) is 2.00. The van der Waals surface area contributed by atoms with Gasteiger partial charge < -0.3 is 28.2 Å². The Kier molecular flexibility index (Phi) is 15.4. The molecule has 2 radical (unpaired) electrons. The molecule has 0 aromatic heterocycles. The minimum atomic E-state index is -5.61. The van der Waals surface area contributed by atoms with Crippen LogP contribution < -0.4 is 70.6 Å². The third kappa shape index (κ3) is 57.2. The first kappa shape index (κ1) is 16.3. The predicted octanol–water partition coefficient (Wildman–Crippen LogP) is -8.51. The maximum Gasteiger partial charge on any atom is 3.00 e.